The highest BCUT2D eigenvalue weighted by atomic mass is 16.2. The van der Waals surface area contributed by atoms with E-state index < -0.39 is 11.9 Å². The summed E-state index contributed by atoms with van der Waals surface area (Å²) in [7, 11) is 0. The Morgan fingerprint density at radius 3 is 2.28 bits per heavy atom. The molecule has 4 amide bonds. The third kappa shape index (κ3) is 5.08. The van der Waals surface area contributed by atoms with Gasteiger partial charge in [0.1, 0.15) is 6.04 Å². The summed E-state index contributed by atoms with van der Waals surface area (Å²) in [6, 6.07) is 27.2. The van der Waals surface area contributed by atoms with Crippen LogP contribution in [0.5, 0.6) is 0 Å². The molecule has 0 bridgehead atoms. The van der Waals surface area contributed by atoms with E-state index in [1.54, 1.807) is 4.90 Å². The van der Waals surface area contributed by atoms with Crippen molar-refractivity contribution in [2.75, 3.05) is 31.1 Å². The van der Waals surface area contributed by atoms with Gasteiger partial charge in [0.2, 0.25) is 11.8 Å². The molecular weight excluding hydrogens is 540 g/mol. The number of hydrogen-bond acceptors (Lipinski definition) is 5. The van der Waals surface area contributed by atoms with Crippen LogP contribution in [0.4, 0.5) is 5.69 Å². The van der Waals surface area contributed by atoms with Crippen LogP contribution in [-0.4, -0.2) is 65.6 Å². The molecule has 1 unspecified atom stereocenters. The summed E-state index contributed by atoms with van der Waals surface area (Å²) < 4.78 is 0. The smallest absolute Gasteiger partial charge is 0.259 e. The van der Waals surface area contributed by atoms with Crippen LogP contribution in [0.25, 0.3) is 10.8 Å². The number of hydrogen-bond donors (Lipinski definition) is 1. The van der Waals surface area contributed by atoms with Crippen molar-refractivity contribution in [1.82, 2.24) is 15.1 Å². The molecule has 1 N–H and O–H groups in total. The average molecular weight is 573 g/mol. The topological polar surface area (TPSA) is 90.0 Å². The normalized spacial score (nSPS) is 18.8. The van der Waals surface area contributed by atoms with Crippen molar-refractivity contribution < 1.29 is 19.2 Å². The number of piperidine rings is 1. The first-order valence-electron chi connectivity index (χ1n) is 14.8. The number of imide groups is 1. The number of nitrogens with one attached hydrogen (secondary N) is 1. The molecule has 3 heterocycles. The zero-order chi connectivity index (χ0) is 29.5. The number of rotatable bonds is 6. The van der Waals surface area contributed by atoms with Gasteiger partial charge in [0, 0.05) is 55.7 Å². The van der Waals surface area contributed by atoms with Crippen LogP contribution in [0.3, 0.4) is 0 Å². The Hall–Kier alpha value is -4.82. The van der Waals surface area contributed by atoms with E-state index in [1.165, 1.54) is 11.1 Å². The first kappa shape index (κ1) is 27.0. The van der Waals surface area contributed by atoms with Crippen molar-refractivity contribution in [2.24, 2.45) is 0 Å². The molecule has 43 heavy (non-hydrogen) atoms. The zero-order valence-electron chi connectivity index (χ0n) is 23.8. The molecule has 2 saturated heterocycles. The monoisotopic (exact) mass is 572 g/mol. The van der Waals surface area contributed by atoms with Gasteiger partial charge in [0.05, 0.1) is 5.69 Å². The molecule has 0 saturated carbocycles. The number of anilines is 1. The molecule has 0 radical (unpaired) electrons. The molecule has 4 aromatic rings. The van der Waals surface area contributed by atoms with Gasteiger partial charge in [-0.25, -0.2) is 0 Å². The Bertz CT molecular complexity index is 1740. The van der Waals surface area contributed by atoms with Crippen LogP contribution in [0.2, 0.25) is 0 Å². The molecule has 1 atom stereocenters. The molecule has 0 aromatic heterocycles. The van der Waals surface area contributed by atoms with Crippen LogP contribution in [0.15, 0.2) is 84.9 Å². The highest BCUT2D eigenvalue weighted by molar-refractivity contribution is 6.27. The predicted octanol–water partition coefficient (Wildman–Crippen LogP) is 4.15. The van der Waals surface area contributed by atoms with Crippen molar-refractivity contribution in [3.05, 3.63) is 113 Å². The molecule has 0 spiro atoms. The number of benzene rings is 4. The largest absolute Gasteiger partial charge is 0.336 e. The van der Waals surface area contributed by atoms with Gasteiger partial charge in [0.15, 0.2) is 0 Å². The molecule has 8 nitrogen and oxygen atoms in total. The maximum absolute atomic E-state index is 13.4. The average Bonchev–Trinajstić information content (AvgIpc) is 3.32. The van der Waals surface area contributed by atoms with Crippen molar-refractivity contribution in [3.63, 3.8) is 0 Å². The lowest BCUT2D eigenvalue weighted by molar-refractivity contribution is -0.134. The summed E-state index contributed by atoms with van der Waals surface area (Å²) in [4.78, 5) is 56.4. The van der Waals surface area contributed by atoms with Gasteiger partial charge < -0.3 is 4.90 Å². The highest BCUT2D eigenvalue weighted by Crippen LogP contribution is 2.41. The Balaban J connectivity index is 1.03. The van der Waals surface area contributed by atoms with Crippen molar-refractivity contribution >= 4 is 40.1 Å². The lowest BCUT2D eigenvalue weighted by Crippen LogP contribution is -2.53. The summed E-state index contributed by atoms with van der Waals surface area (Å²) in [5.74, 6) is -0.811. The van der Waals surface area contributed by atoms with Gasteiger partial charge in [-0.2, -0.15) is 0 Å². The molecule has 7 rings (SSSR count). The molecule has 3 aliphatic heterocycles. The van der Waals surface area contributed by atoms with E-state index in [9.17, 15) is 19.2 Å². The second-order valence-electron chi connectivity index (χ2n) is 11.5. The van der Waals surface area contributed by atoms with E-state index in [2.05, 4.69) is 34.5 Å². The number of carbonyl (C=O) groups excluding carboxylic acids is 4. The summed E-state index contributed by atoms with van der Waals surface area (Å²) in [6.07, 6.45) is 1.26. The second-order valence-corrected chi connectivity index (χ2v) is 11.5. The van der Waals surface area contributed by atoms with E-state index in [4.69, 9.17) is 0 Å². The first-order valence-corrected chi connectivity index (χ1v) is 14.8. The van der Waals surface area contributed by atoms with Gasteiger partial charge in [-0.05, 0) is 59.2 Å². The highest BCUT2D eigenvalue weighted by Gasteiger charge is 2.40. The van der Waals surface area contributed by atoms with Crippen molar-refractivity contribution in [3.8, 4) is 0 Å². The molecule has 216 valence electrons. The minimum atomic E-state index is -0.688. The maximum atomic E-state index is 13.4. The van der Waals surface area contributed by atoms with E-state index in [1.807, 2.05) is 65.6 Å². The molecule has 2 fully saturated rings. The molecule has 8 heteroatoms. The van der Waals surface area contributed by atoms with E-state index in [0.29, 0.717) is 18.4 Å². The summed E-state index contributed by atoms with van der Waals surface area (Å²) in [5.41, 5.74) is 5.59. The Morgan fingerprint density at radius 2 is 1.53 bits per heavy atom. The SMILES string of the molecule is O=C1CCC(N2C(=O)c3cccc4c(Cc5ccc(CN6CCN(C(=O)c7ccccc7)CC6)cc5)ccc2c34)C(=O)N1. The van der Waals surface area contributed by atoms with Crippen LogP contribution in [-0.2, 0) is 22.6 Å². The van der Waals surface area contributed by atoms with Crippen LogP contribution in [0.1, 0.15) is 50.2 Å². The van der Waals surface area contributed by atoms with Crippen molar-refractivity contribution in [1.29, 1.82) is 0 Å². The fourth-order valence-corrected chi connectivity index (χ4v) is 6.57. The minimum absolute atomic E-state index is 0.0979. The van der Waals surface area contributed by atoms with E-state index in [-0.39, 0.29) is 24.1 Å². The van der Waals surface area contributed by atoms with Crippen molar-refractivity contribution in [2.45, 2.75) is 31.8 Å². The van der Waals surface area contributed by atoms with Gasteiger partial charge in [-0.1, -0.05) is 60.7 Å². The number of piperazine rings is 1. The second kappa shape index (κ2) is 11.1. The zero-order valence-corrected chi connectivity index (χ0v) is 23.8. The van der Waals surface area contributed by atoms with E-state index in [0.717, 1.165) is 60.3 Å². The van der Waals surface area contributed by atoms with Crippen LogP contribution in [0, 0.1) is 0 Å². The number of carbonyl (C=O) groups is 4. The standard InChI is InChI=1S/C35H32N4O4/c40-31-16-15-30(33(41)36-31)39-29-14-13-26(27-7-4-8-28(32(27)29)35(39)43)21-23-9-11-24(12-10-23)22-37-17-19-38(20-18-37)34(42)25-5-2-1-3-6-25/h1-14,30H,15-22H2,(H,36,40,41). The van der Waals surface area contributed by atoms with Crippen LogP contribution < -0.4 is 10.2 Å². The predicted molar refractivity (Wildman–Crippen MR) is 164 cm³/mol. The maximum Gasteiger partial charge on any atom is 0.259 e. The van der Waals surface area contributed by atoms with Gasteiger partial charge in [0.25, 0.3) is 11.8 Å². The van der Waals surface area contributed by atoms with E-state index >= 15 is 0 Å². The summed E-state index contributed by atoms with van der Waals surface area (Å²) >= 11 is 0. The minimum Gasteiger partial charge on any atom is -0.336 e. The Kier molecular flexibility index (Phi) is 6.99. The quantitative estimate of drug-likeness (QED) is 0.351. The Morgan fingerprint density at radius 1 is 0.791 bits per heavy atom. The number of amides is 4. The van der Waals surface area contributed by atoms with Gasteiger partial charge >= 0.3 is 0 Å². The molecule has 0 aliphatic carbocycles. The first-order chi connectivity index (χ1) is 21.0. The van der Waals surface area contributed by atoms with Crippen LogP contribution >= 0.6 is 0 Å². The third-order valence-corrected chi connectivity index (χ3v) is 8.84. The fraction of sp³-hybridized carbons (Fsp3) is 0.257. The summed E-state index contributed by atoms with van der Waals surface area (Å²) in [5, 5.41) is 4.26. The third-order valence-electron chi connectivity index (χ3n) is 8.84. The van der Waals surface area contributed by atoms with Gasteiger partial charge in [-0.15, -0.1) is 0 Å². The molecule has 3 aliphatic rings. The Labute approximate surface area is 249 Å². The van der Waals surface area contributed by atoms with Gasteiger partial charge in [-0.3, -0.25) is 34.3 Å². The molecular formula is C35H32N4O4. The lowest BCUT2D eigenvalue weighted by Gasteiger charge is -2.34. The summed E-state index contributed by atoms with van der Waals surface area (Å²) in [6.45, 7) is 3.97. The fourth-order valence-electron chi connectivity index (χ4n) is 6.57. The lowest BCUT2D eigenvalue weighted by atomic mass is 9.95. The molecule has 4 aromatic carbocycles. The number of nitrogens with zero attached hydrogens (tertiary/aromatic N) is 3.